The Bertz CT molecular complexity index is 1370. The van der Waals surface area contributed by atoms with Crippen LogP contribution in [0.15, 0.2) is 42.5 Å². The molecule has 1 fully saturated rings. The number of amides is 2. The monoisotopic (exact) mass is 498 g/mol. The van der Waals surface area contributed by atoms with Gasteiger partial charge in [0.25, 0.3) is 11.8 Å². The third-order valence-electron chi connectivity index (χ3n) is 7.37. The number of anilines is 1. The second kappa shape index (κ2) is 10.7. The van der Waals surface area contributed by atoms with E-state index in [1.807, 2.05) is 56.3 Å². The van der Waals surface area contributed by atoms with E-state index in [0.29, 0.717) is 24.1 Å². The number of nitrogens with one attached hydrogen (secondary N) is 3. The zero-order chi connectivity index (χ0) is 25.9. The van der Waals surface area contributed by atoms with Crippen LogP contribution in [0.1, 0.15) is 51.3 Å². The third-order valence-corrected chi connectivity index (χ3v) is 7.37. The molecule has 2 aromatic carbocycles. The average Bonchev–Trinajstić information content (AvgIpc) is 3.58. The highest BCUT2D eigenvalue weighted by Crippen LogP contribution is 2.41. The van der Waals surface area contributed by atoms with Crippen molar-refractivity contribution in [3.8, 4) is 11.1 Å². The van der Waals surface area contributed by atoms with Gasteiger partial charge in [-0.2, -0.15) is 0 Å². The molecule has 2 amide bonds. The van der Waals surface area contributed by atoms with E-state index in [2.05, 4.69) is 26.6 Å². The number of aryl methyl sites for hydroxylation is 1. The van der Waals surface area contributed by atoms with Gasteiger partial charge >= 0.3 is 0 Å². The number of H-pyrrole nitrogens is 1. The van der Waals surface area contributed by atoms with E-state index in [1.54, 1.807) is 0 Å². The number of aliphatic hydroxyl groups is 1. The zero-order valence-corrected chi connectivity index (χ0v) is 21.5. The Kier molecular flexibility index (Phi) is 7.26. The molecule has 0 radical (unpaired) electrons. The van der Waals surface area contributed by atoms with Crippen molar-refractivity contribution in [1.29, 1.82) is 0 Å². The first-order valence-electron chi connectivity index (χ1n) is 13.0. The number of carbonyl (C=O) groups excluding carboxylic acids is 2. The number of likely N-dealkylation sites (tertiary alicyclic amines) is 1. The maximum Gasteiger partial charge on any atom is 0.256 e. The molecule has 0 spiro atoms. The Hall–Kier alpha value is -3.68. The normalized spacial score (nSPS) is 16.3. The van der Waals surface area contributed by atoms with Crippen molar-refractivity contribution in [3.63, 3.8) is 0 Å². The van der Waals surface area contributed by atoms with E-state index in [-0.39, 0.29) is 18.4 Å². The molecule has 3 heterocycles. The molecule has 0 unspecified atom stereocenters. The Labute approximate surface area is 217 Å². The lowest BCUT2D eigenvalue weighted by molar-refractivity contribution is -0.110. The maximum absolute atomic E-state index is 13.1. The zero-order valence-electron chi connectivity index (χ0n) is 21.5. The number of rotatable bonds is 8. The molecular weight excluding hydrogens is 464 g/mol. The quantitative estimate of drug-likeness (QED) is 0.351. The van der Waals surface area contributed by atoms with Gasteiger partial charge in [0.1, 0.15) is 0 Å². The van der Waals surface area contributed by atoms with Crippen LogP contribution < -0.4 is 10.6 Å². The summed E-state index contributed by atoms with van der Waals surface area (Å²) in [6.45, 7) is 7.59. The molecule has 2 aliphatic rings. The smallest absolute Gasteiger partial charge is 0.256 e. The molecule has 37 heavy (non-hydrogen) atoms. The minimum atomic E-state index is -0.169. The fraction of sp³-hybridized carbons (Fsp3) is 0.333. The van der Waals surface area contributed by atoms with Gasteiger partial charge in [0, 0.05) is 42.3 Å². The van der Waals surface area contributed by atoms with Crippen LogP contribution in [0.2, 0.25) is 0 Å². The molecule has 4 N–H and O–H groups in total. The number of aromatic nitrogens is 1. The highest BCUT2D eigenvalue weighted by atomic mass is 16.3. The lowest BCUT2D eigenvalue weighted by Crippen LogP contribution is -2.33. The molecule has 1 saturated heterocycles. The van der Waals surface area contributed by atoms with Crippen LogP contribution >= 0.6 is 0 Å². The van der Waals surface area contributed by atoms with Crippen LogP contribution in [0.3, 0.4) is 0 Å². The first-order valence-corrected chi connectivity index (χ1v) is 13.0. The van der Waals surface area contributed by atoms with E-state index in [0.717, 1.165) is 64.5 Å². The third kappa shape index (κ3) is 5.10. The lowest BCUT2D eigenvalue weighted by Gasteiger charge is -2.14. The summed E-state index contributed by atoms with van der Waals surface area (Å²) in [5.41, 5.74) is 8.14. The van der Waals surface area contributed by atoms with Gasteiger partial charge in [0.2, 0.25) is 0 Å². The molecular formula is C30H34N4O3. The standard InChI is InChI=1S/C30H34N4O3/c1-19-26(32-20(2)27(19)30(37)31-12-15-34-13-3-4-14-34)18-24-28-23(9-6-10-25(28)33-29(24)36)22-8-5-7-21(17-22)11-16-35/h5-10,17-18,32,35H,3-4,11-16H2,1-2H3,(H,31,37)(H,33,36). The first kappa shape index (κ1) is 25.0. The van der Waals surface area contributed by atoms with Crippen LogP contribution in [0.25, 0.3) is 22.8 Å². The van der Waals surface area contributed by atoms with Crippen molar-refractivity contribution < 1.29 is 14.7 Å². The van der Waals surface area contributed by atoms with Gasteiger partial charge in [-0.1, -0.05) is 36.4 Å². The SMILES string of the molecule is Cc1[nH]c(C=C2C(=O)Nc3cccc(-c4cccc(CCO)c4)c32)c(C)c1C(=O)NCCN1CCCC1. The number of hydrogen-bond acceptors (Lipinski definition) is 4. The van der Waals surface area contributed by atoms with Crippen molar-refractivity contribution in [2.24, 2.45) is 0 Å². The number of aliphatic hydroxyl groups excluding tert-OH is 1. The van der Waals surface area contributed by atoms with Gasteiger partial charge in [-0.05, 0) is 80.6 Å². The summed E-state index contributed by atoms with van der Waals surface area (Å²) in [4.78, 5) is 31.8. The fourth-order valence-electron chi connectivity index (χ4n) is 5.48. The van der Waals surface area contributed by atoms with Gasteiger partial charge in [-0.25, -0.2) is 0 Å². The largest absolute Gasteiger partial charge is 0.396 e. The minimum absolute atomic E-state index is 0.0845. The van der Waals surface area contributed by atoms with Crippen molar-refractivity contribution >= 4 is 29.2 Å². The van der Waals surface area contributed by atoms with Gasteiger partial charge < -0.3 is 25.6 Å². The number of carbonyl (C=O) groups is 2. The highest BCUT2D eigenvalue weighted by Gasteiger charge is 2.28. The van der Waals surface area contributed by atoms with Crippen molar-refractivity contribution in [2.75, 3.05) is 38.1 Å². The van der Waals surface area contributed by atoms with Gasteiger partial charge in [-0.3, -0.25) is 9.59 Å². The summed E-state index contributed by atoms with van der Waals surface area (Å²) in [5, 5.41) is 15.4. The summed E-state index contributed by atoms with van der Waals surface area (Å²) in [6, 6.07) is 13.9. The maximum atomic E-state index is 13.1. The van der Waals surface area contributed by atoms with Gasteiger partial charge in [0.05, 0.1) is 11.1 Å². The lowest BCUT2D eigenvalue weighted by atomic mass is 9.93. The predicted molar refractivity (Wildman–Crippen MR) is 147 cm³/mol. The van der Waals surface area contributed by atoms with Gasteiger partial charge in [0.15, 0.2) is 0 Å². The van der Waals surface area contributed by atoms with E-state index in [4.69, 9.17) is 0 Å². The molecule has 0 aliphatic carbocycles. The Morgan fingerprint density at radius 2 is 1.92 bits per heavy atom. The molecule has 0 saturated carbocycles. The molecule has 1 aromatic heterocycles. The molecule has 2 aliphatic heterocycles. The molecule has 7 heteroatoms. The number of benzene rings is 2. The second-order valence-corrected chi connectivity index (χ2v) is 9.88. The van der Waals surface area contributed by atoms with E-state index >= 15 is 0 Å². The van der Waals surface area contributed by atoms with E-state index < -0.39 is 0 Å². The second-order valence-electron chi connectivity index (χ2n) is 9.88. The number of nitrogens with zero attached hydrogens (tertiary/aromatic N) is 1. The summed E-state index contributed by atoms with van der Waals surface area (Å²) >= 11 is 0. The summed E-state index contributed by atoms with van der Waals surface area (Å²) in [7, 11) is 0. The molecule has 192 valence electrons. The summed E-state index contributed by atoms with van der Waals surface area (Å²) < 4.78 is 0. The van der Waals surface area contributed by atoms with E-state index in [9.17, 15) is 14.7 Å². The van der Waals surface area contributed by atoms with Crippen molar-refractivity contribution in [2.45, 2.75) is 33.1 Å². The first-order chi connectivity index (χ1) is 18.0. The molecule has 3 aromatic rings. The van der Waals surface area contributed by atoms with Crippen LogP contribution in [0.5, 0.6) is 0 Å². The fourth-order valence-corrected chi connectivity index (χ4v) is 5.48. The predicted octanol–water partition coefficient (Wildman–Crippen LogP) is 4.15. The summed E-state index contributed by atoms with van der Waals surface area (Å²) in [5.74, 6) is -0.259. The molecule has 0 bridgehead atoms. The van der Waals surface area contributed by atoms with Crippen LogP contribution in [0.4, 0.5) is 5.69 Å². The van der Waals surface area contributed by atoms with Gasteiger partial charge in [-0.15, -0.1) is 0 Å². The minimum Gasteiger partial charge on any atom is -0.396 e. The van der Waals surface area contributed by atoms with Crippen molar-refractivity contribution in [3.05, 3.63) is 76.1 Å². The molecule has 7 nitrogen and oxygen atoms in total. The highest BCUT2D eigenvalue weighted by molar-refractivity contribution is 6.36. The summed E-state index contributed by atoms with van der Waals surface area (Å²) in [6.07, 6.45) is 4.89. The molecule has 5 rings (SSSR count). The topological polar surface area (TPSA) is 97.5 Å². The Morgan fingerprint density at radius 3 is 2.70 bits per heavy atom. The number of aromatic amines is 1. The average molecular weight is 499 g/mol. The Balaban J connectivity index is 1.45. The van der Waals surface area contributed by atoms with Crippen LogP contribution in [-0.4, -0.2) is 59.6 Å². The van der Waals surface area contributed by atoms with Crippen molar-refractivity contribution in [1.82, 2.24) is 15.2 Å². The van der Waals surface area contributed by atoms with Crippen LogP contribution in [0, 0.1) is 13.8 Å². The van der Waals surface area contributed by atoms with E-state index in [1.165, 1.54) is 12.8 Å². The Morgan fingerprint density at radius 1 is 1.14 bits per heavy atom. The van der Waals surface area contributed by atoms with Crippen LogP contribution in [-0.2, 0) is 11.2 Å². The number of fused-ring (bicyclic) bond motifs is 1. The molecule has 0 atom stereocenters. The number of hydrogen-bond donors (Lipinski definition) is 4.